The first-order valence-corrected chi connectivity index (χ1v) is 7.25. The number of aromatic nitrogens is 4. The van der Waals surface area contributed by atoms with E-state index in [2.05, 4.69) is 25.7 Å². The quantitative estimate of drug-likeness (QED) is 0.777. The van der Waals surface area contributed by atoms with Gasteiger partial charge in [-0.3, -0.25) is 9.48 Å². The summed E-state index contributed by atoms with van der Waals surface area (Å²) in [5, 5.41) is 11.4. The Morgan fingerprint density at radius 1 is 1.22 bits per heavy atom. The van der Waals surface area contributed by atoms with Gasteiger partial charge in [-0.15, -0.1) is 0 Å². The Bertz CT molecular complexity index is 899. The zero-order valence-electron chi connectivity index (χ0n) is 13.5. The van der Waals surface area contributed by atoms with Crippen LogP contribution in [-0.2, 0) is 11.8 Å². The summed E-state index contributed by atoms with van der Waals surface area (Å²) in [4.78, 5) is 19.8. The lowest BCUT2D eigenvalue weighted by Crippen LogP contribution is -2.06. The van der Waals surface area contributed by atoms with Gasteiger partial charge in [-0.05, 0) is 31.5 Å². The normalized spacial score (nSPS) is 10.8. The number of hydrogen-bond donors (Lipinski definition) is 2. The Balaban J connectivity index is 2.04. The molecule has 2 aromatic heterocycles. The van der Waals surface area contributed by atoms with E-state index in [1.54, 1.807) is 4.68 Å². The molecule has 118 valence electrons. The predicted octanol–water partition coefficient (Wildman–Crippen LogP) is 2.68. The van der Waals surface area contributed by atoms with Gasteiger partial charge in [0.2, 0.25) is 5.91 Å². The molecule has 0 spiro atoms. The average Bonchev–Trinajstić information content (AvgIpc) is 2.78. The van der Waals surface area contributed by atoms with Gasteiger partial charge in [0.25, 0.3) is 0 Å². The minimum Gasteiger partial charge on any atom is -0.339 e. The van der Waals surface area contributed by atoms with Gasteiger partial charge in [-0.1, -0.05) is 6.07 Å². The molecule has 0 fully saturated rings. The summed E-state index contributed by atoms with van der Waals surface area (Å²) in [5.74, 6) is 0.594. The van der Waals surface area contributed by atoms with Gasteiger partial charge in [0.05, 0.1) is 11.1 Å². The first kappa shape index (κ1) is 15.0. The van der Waals surface area contributed by atoms with Crippen molar-refractivity contribution in [3.63, 3.8) is 0 Å². The molecule has 0 aliphatic carbocycles. The topological polar surface area (TPSA) is 84.7 Å². The van der Waals surface area contributed by atoms with Gasteiger partial charge in [0, 0.05) is 25.3 Å². The van der Waals surface area contributed by atoms with Crippen molar-refractivity contribution in [2.75, 3.05) is 10.6 Å². The van der Waals surface area contributed by atoms with Crippen LogP contribution in [0, 0.1) is 13.8 Å². The molecular weight excluding hydrogens is 292 g/mol. The second-order valence-electron chi connectivity index (χ2n) is 5.47. The standard InChI is InChI=1S/C16H18N6O/c1-9-5-6-12(19-11(3)23)7-13(9)20-15-14-10(2)21-22(4)16(14)18-8-17-15/h5-8H,1-4H3,(H,19,23)(H,17,18,20). The number of benzene rings is 1. The molecule has 7 nitrogen and oxygen atoms in total. The molecular formula is C16H18N6O. The minimum atomic E-state index is -0.104. The highest BCUT2D eigenvalue weighted by Crippen LogP contribution is 2.28. The fourth-order valence-electron chi connectivity index (χ4n) is 2.54. The van der Waals surface area contributed by atoms with E-state index in [-0.39, 0.29) is 5.91 Å². The number of nitrogens with zero attached hydrogens (tertiary/aromatic N) is 4. The molecule has 0 saturated heterocycles. The Labute approximate surface area is 133 Å². The smallest absolute Gasteiger partial charge is 0.221 e. The maximum atomic E-state index is 11.2. The monoisotopic (exact) mass is 310 g/mol. The average molecular weight is 310 g/mol. The van der Waals surface area contributed by atoms with Crippen molar-refractivity contribution in [1.82, 2.24) is 19.7 Å². The van der Waals surface area contributed by atoms with Crippen molar-refractivity contribution in [3.05, 3.63) is 35.8 Å². The highest BCUT2D eigenvalue weighted by molar-refractivity contribution is 5.92. The molecule has 0 bridgehead atoms. The van der Waals surface area contributed by atoms with Crippen LogP contribution in [0.4, 0.5) is 17.2 Å². The van der Waals surface area contributed by atoms with E-state index in [0.717, 1.165) is 33.7 Å². The lowest BCUT2D eigenvalue weighted by Gasteiger charge is -2.12. The van der Waals surface area contributed by atoms with Crippen LogP contribution in [0.1, 0.15) is 18.2 Å². The van der Waals surface area contributed by atoms with Crippen molar-refractivity contribution in [3.8, 4) is 0 Å². The van der Waals surface area contributed by atoms with Gasteiger partial charge in [0.15, 0.2) is 5.65 Å². The SMILES string of the molecule is CC(=O)Nc1ccc(C)c(Nc2ncnc3c2c(C)nn3C)c1. The van der Waals surface area contributed by atoms with Crippen LogP contribution in [0.2, 0.25) is 0 Å². The summed E-state index contributed by atoms with van der Waals surface area (Å²) in [6, 6.07) is 5.70. The van der Waals surface area contributed by atoms with Crippen LogP contribution in [0.3, 0.4) is 0 Å². The van der Waals surface area contributed by atoms with E-state index < -0.39 is 0 Å². The zero-order chi connectivity index (χ0) is 16.6. The van der Waals surface area contributed by atoms with E-state index in [9.17, 15) is 4.79 Å². The molecule has 0 atom stereocenters. The number of nitrogens with one attached hydrogen (secondary N) is 2. The number of hydrogen-bond acceptors (Lipinski definition) is 5. The van der Waals surface area contributed by atoms with Crippen molar-refractivity contribution < 1.29 is 4.79 Å². The van der Waals surface area contributed by atoms with Crippen LogP contribution < -0.4 is 10.6 Å². The molecule has 0 aliphatic heterocycles. The summed E-state index contributed by atoms with van der Waals surface area (Å²) in [6.45, 7) is 5.41. The zero-order valence-corrected chi connectivity index (χ0v) is 13.5. The maximum absolute atomic E-state index is 11.2. The van der Waals surface area contributed by atoms with E-state index in [0.29, 0.717) is 5.82 Å². The molecule has 0 radical (unpaired) electrons. The first-order chi connectivity index (χ1) is 11.0. The van der Waals surface area contributed by atoms with Crippen LogP contribution in [-0.4, -0.2) is 25.7 Å². The third-order valence-corrected chi connectivity index (χ3v) is 3.61. The number of anilines is 3. The van der Waals surface area contributed by atoms with Crippen molar-refractivity contribution in [1.29, 1.82) is 0 Å². The molecule has 1 aromatic carbocycles. The summed E-state index contributed by atoms with van der Waals surface area (Å²) in [6.07, 6.45) is 1.51. The second-order valence-corrected chi connectivity index (χ2v) is 5.47. The molecule has 3 rings (SSSR count). The summed E-state index contributed by atoms with van der Waals surface area (Å²) >= 11 is 0. The first-order valence-electron chi connectivity index (χ1n) is 7.25. The van der Waals surface area contributed by atoms with Crippen LogP contribution in [0.25, 0.3) is 11.0 Å². The van der Waals surface area contributed by atoms with Gasteiger partial charge in [-0.2, -0.15) is 5.10 Å². The number of aryl methyl sites for hydroxylation is 3. The minimum absolute atomic E-state index is 0.104. The summed E-state index contributed by atoms with van der Waals surface area (Å²) < 4.78 is 1.73. The van der Waals surface area contributed by atoms with Crippen LogP contribution in [0.5, 0.6) is 0 Å². The van der Waals surface area contributed by atoms with E-state index >= 15 is 0 Å². The molecule has 0 aliphatic rings. The van der Waals surface area contributed by atoms with Crippen LogP contribution in [0.15, 0.2) is 24.5 Å². The molecule has 7 heteroatoms. The Morgan fingerprint density at radius 3 is 2.74 bits per heavy atom. The molecule has 1 amide bonds. The van der Waals surface area contributed by atoms with E-state index in [1.165, 1.54) is 13.3 Å². The van der Waals surface area contributed by atoms with Gasteiger partial charge < -0.3 is 10.6 Å². The number of fused-ring (bicyclic) bond motifs is 1. The highest BCUT2D eigenvalue weighted by Gasteiger charge is 2.13. The highest BCUT2D eigenvalue weighted by atomic mass is 16.1. The number of carbonyl (C=O) groups is 1. The van der Waals surface area contributed by atoms with Gasteiger partial charge in [-0.25, -0.2) is 9.97 Å². The Hall–Kier alpha value is -2.96. The molecule has 0 unspecified atom stereocenters. The third-order valence-electron chi connectivity index (χ3n) is 3.61. The molecule has 0 saturated carbocycles. The van der Waals surface area contributed by atoms with Crippen molar-refractivity contribution in [2.24, 2.45) is 7.05 Å². The fourth-order valence-corrected chi connectivity index (χ4v) is 2.54. The predicted molar refractivity (Wildman–Crippen MR) is 89.8 cm³/mol. The molecule has 3 aromatic rings. The van der Waals surface area contributed by atoms with E-state index in [4.69, 9.17) is 0 Å². The third kappa shape index (κ3) is 2.85. The lowest BCUT2D eigenvalue weighted by atomic mass is 10.1. The number of carbonyl (C=O) groups excluding carboxylic acids is 1. The largest absolute Gasteiger partial charge is 0.339 e. The second kappa shape index (κ2) is 5.68. The summed E-state index contributed by atoms with van der Waals surface area (Å²) in [7, 11) is 1.86. The van der Waals surface area contributed by atoms with E-state index in [1.807, 2.05) is 39.1 Å². The molecule has 2 heterocycles. The number of rotatable bonds is 3. The fraction of sp³-hybridized carbons (Fsp3) is 0.250. The van der Waals surface area contributed by atoms with Crippen LogP contribution >= 0.6 is 0 Å². The lowest BCUT2D eigenvalue weighted by molar-refractivity contribution is -0.114. The Morgan fingerprint density at radius 2 is 2.00 bits per heavy atom. The maximum Gasteiger partial charge on any atom is 0.221 e. The molecule has 2 N–H and O–H groups in total. The van der Waals surface area contributed by atoms with Gasteiger partial charge >= 0.3 is 0 Å². The summed E-state index contributed by atoms with van der Waals surface area (Å²) in [5.41, 5.74) is 4.29. The van der Waals surface area contributed by atoms with Crippen molar-refractivity contribution in [2.45, 2.75) is 20.8 Å². The van der Waals surface area contributed by atoms with Gasteiger partial charge in [0.1, 0.15) is 12.1 Å². The Kier molecular flexibility index (Phi) is 3.69. The van der Waals surface area contributed by atoms with Crippen molar-refractivity contribution >= 4 is 34.1 Å². The number of amides is 1. The molecule has 23 heavy (non-hydrogen) atoms.